The fourth-order valence-corrected chi connectivity index (χ4v) is 2.68. The summed E-state index contributed by atoms with van der Waals surface area (Å²) in [5.74, 6) is 0.735. The molecule has 0 bridgehead atoms. The molecule has 0 unspecified atom stereocenters. The van der Waals surface area contributed by atoms with E-state index >= 15 is 0 Å². The second kappa shape index (κ2) is 4.77. The zero-order chi connectivity index (χ0) is 14.3. The highest BCUT2D eigenvalue weighted by Crippen LogP contribution is 2.34. The number of ether oxygens (including phenoxy) is 1. The average molecular weight is 284 g/mol. The van der Waals surface area contributed by atoms with Gasteiger partial charge in [-0.05, 0) is 38.0 Å². The molecular formula is C14H15F3N2O. The highest BCUT2D eigenvalue weighted by atomic mass is 19.4. The van der Waals surface area contributed by atoms with Gasteiger partial charge in [0, 0.05) is 13.2 Å². The third-order valence-corrected chi connectivity index (χ3v) is 3.64. The predicted octanol–water partition coefficient (Wildman–Crippen LogP) is 3.93. The lowest BCUT2D eigenvalue weighted by Gasteiger charge is -2.11. The van der Waals surface area contributed by atoms with Crippen LogP contribution in [0.4, 0.5) is 13.2 Å². The van der Waals surface area contributed by atoms with Crippen LogP contribution >= 0.6 is 0 Å². The van der Waals surface area contributed by atoms with Crippen molar-refractivity contribution in [3.63, 3.8) is 0 Å². The summed E-state index contributed by atoms with van der Waals surface area (Å²) in [6.07, 6.45) is -2.61. The van der Waals surface area contributed by atoms with Gasteiger partial charge in [0.1, 0.15) is 11.9 Å². The van der Waals surface area contributed by atoms with E-state index < -0.39 is 11.7 Å². The maximum atomic E-state index is 12.7. The summed E-state index contributed by atoms with van der Waals surface area (Å²) in [5, 5.41) is 0. The summed E-state index contributed by atoms with van der Waals surface area (Å²) in [7, 11) is 0. The molecule has 1 aromatic carbocycles. The van der Waals surface area contributed by atoms with E-state index in [1.807, 2.05) is 11.5 Å². The number of alkyl halides is 3. The van der Waals surface area contributed by atoms with Gasteiger partial charge in [0.05, 0.1) is 16.6 Å². The Kier molecular flexibility index (Phi) is 3.20. The average Bonchev–Trinajstić information content (AvgIpc) is 3.03. The first-order valence-electron chi connectivity index (χ1n) is 6.69. The summed E-state index contributed by atoms with van der Waals surface area (Å²) in [6.45, 7) is 3.31. The number of halogens is 3. The lowest BCUT2D eigenvalue weighted by atomic mass is 10.2. The van der Waals surface area contributed by atoms with E-state index in [1.54, 1.807) is 0 Å². The zero-order valence-corrected chi connectivity index (χ0v) is 11.1. The third-order valence-electron chi connectivity index (χ3n) is 3.64. The largest absolute Gasteiger partial charge is 0.416 e. The molecule has 0 amide bonds. The molecule has 1 aliphatic rings. The number of rotatable bonds is 2. The number of aryl methyl sites for hydroxylation is 1. The second-order valence-electron chi connectivity index (χ2n) is 4.92. The van der Waals surface area contributed by atoms with Crippen LogP contribution in [0.1, 0.15) is 37.3 Å². The van der Waals surface area contributed by atoms with Crippen molar-refractivity contribution in [2.75, 3.05) is 6.61 Å². The van der Waals surface area contributed by atoms with E-state index in [4.69, 9.17) is 4.74 Å². The summed E-state index contributed by atoms with van der Waals surface area (Å²) < 4.78 is 45.8. The Morgan fingerprint density at radius 2 is 2.20 bits per heavy atom. The van der Waals surface area contributed by atoms with Crippen LogP contribution < -0.4 is 0 Å². The molecule has 3 nitrogen and oxygen atoms in total. The minimum absolute atomic E-state index is 0.100. The molecule has 0 aliphatic carbocycles. The van der Waals surface area contributed by atoms with Gasteiger partial charge in [-0.15, -0.1) is 0 Å². The Morgan fingerprint density at radius 3 is 2.80 bits per heavy atom. The summed E-state index contributed by atoms with van der Waals surface area (Å²) in [6, 6.07) is 3.71. The molecule has 108 valence electrons. The maximum absolute atomic E-state index is 12.7. The smallest absolute Gasteiger partial charge is 0.370 e. The van der Waals surface area contributed by atoms with Crippen molar-refractivity contribution in [1.29, 1.82) is 0 Å². The standard InChI is InChI=1S/C14H15F3N2O/c1-2-19-11-6-5-9(14(15,16)17)8-10(11)18-13(19)12-4-3-7-20-12/h5-6,8,12H,2-4,7H2,1H3/t12-/m1/s1. The van der Waals surface area contributed by atoms with Crippen molar-refractivity contribution in [2.24, 2.45) is 0 Å². The fourth-order valence-electron chi connectivity index (χ4n) is 2.68. The van der Waals surface area contributed by atoms with E-state index in [0.29, 0.717) is 18.7 Å². The van der Waals surface area contributed by atoms with Gasteiger partial charge in [-0.2, -0.15) is 13.2 Å². The first-order valence-corrected chi connectivity index (χ1v) is 6.69. The first kappa shape index (κ1) is 13.4. The van der Waals surface area contributed by atoms with Crippen molar-refractivity contribution in [2.45, 2.75) is 38.6 Å². The van der Waals surface area contributed by atoms with Gasteiger partial charge in [-0.1, -0.05) is 0 Å². The Balaban J connectivity index is 2.12. The van der Waals surface area contributed by atoms with E-state index in [9.17, 15) is 13.2 Å². The van der Waals surface area contributed by atoms with Gasteiger partial charge in [-0.3, -0.25) is 0 Å². The Hall–Kier alpha value is -1.56. The number of hydrogen-bond acceptors (Lipinski definition) is 2. The molecule has 2 heterocycles. The predicted molar refractivity (Wildman–Crippen MR) is 68.3 cm³/mol. The maximum Gasteiger partial charge on any atom is 0.416 e. The molecule has 0 saturated carbocycles. The van der Waals surface area contributed by atoms with E-state index in [0.717, 1.165) is 36.3 Å². The molecule has 0 radical (unpaired) electrons. The van der Waals surface area contributed by atoms with E-state index in [-0.39, 0.29) is 6.10 Å². The van der Waals surface area contributed by atoms with Crippen LogP contribution in [-0.2, 0) is 17.5 Å². The van der Waals surface area contributed by atoms with Crippen molar-refractivity contribution < 1.29 is 17.9 Å². The van der Waals surface area contributed by atoms with Crippen molar-refractivity contribution in [1.82, 2.24) is 9.55 Å². The SMILES string of the molecule is CCn1c([C@H]2CCCO2)nc2cc(C(F)(F)F)ccc21. The fraction of sp³-hybridized carbons (Fsp3) is 0.500. The minimum Gasteiger partial charge on any atom is -0.370 e. The Bertz CT molecular complexity index is 627. The molecule has 20 heavy (non-hydrogen) atoms. The molecule has 1 aromatic heterocycles. The summed E-state index contributed by atoms with van der Waals surface area (Å²) in [5.41, 5.74) is 0.447. The molecule has 0 spiro atoms. The summed E-state index contributed by atoms with van der Waals surface area (Å²) >= 11 is 0. The quantitative estimate of drug-likeness (QED) is 0.835. The number of benzene rings is 1. The van der Waals surface area contributed by atoms with Crippen LogP contribution in [-0.4, -0.2) is 16.2 Å². The molecule has 2 aromatic rings. The molecule has 1 aliphatic heterocycles. The summed E-state index contributed by atoms with van der Waals surface area (Å²) in [4.78, 5) is 4.38. The van der Waals surface area contributed by atoms with Gasteiger partial charge in [0.2, 0.25) is 0 Å². The van der Waals surface area contributed by atoms with Crippen LogP contribution in [0, 0.1) is 0 Å². The minimum atomic E-state index is -4.34. The van der Waals surface area contributed by atoms with Crippen LogP contribution in [0.2, 0.25) is 0 Å². The normalized spacial score (nSPS) is 19.9. The van der Waals surface area contributed by atoms with Crippen molar-refractivity contribution >= 4 is 11.0 Å². The topological polar surface area (TPSA) is 27.1 Å². The van der Waals surface area contributed by atoms with E-state index in [1.165, 1.54) is 6.07 Å². The molecule has 0 N–H and O–H groups in total. The number of aromatic nitrogens is 2. The van der Waals surface area contributed by atoms with Gasteiger partial charge >= 0.3 is 6.18 Å². The van der Waals surface area contributed by atoms with Crippen LogP contribution in [0.5, 0.6) is 0 Å². The molecule has 1 atom stereocenters. The molecule has 6 heteroatoms. The van der Waals surface area contributed by atoms with Gasteiger partial charge < -0.3 is 9.30 Å². The first-order chi connectivity index (χ1) is 9.50. The van der Waals surface area contributed by atoms with Crippen LogP contribution in [0.15, 0.2) is 18.2 Å². The number of fused-ring (bicyclic) bond motifs is 1. The van der Waals surface area contributed by atoms with Crippen LogP contribution in [0.3, 0.4) is 0 Å². The van der Waals surface area contributed by atoms with Gasteiger partial charge in [0.15, 0.2) is 0 Å². The third kappa shape index (κ3) is 2.18. The molecule has 3 rings (SSSR count). The number of hydrogen-bond donors (Lipinski definition) is 0. The van der Waals surface area contributed by atoms with Crippen molar-refractivity contribution in [3.05, 3.63) is 29.6 Å². The lowest BCUT2D eigenvalue weighted by molar-refractivity contribution is -0.137. The highest BCUT2D eigenvalue weighted by molar-refractivity contribution is 5.77. The Morgan fingerprint density at radius 1 is 1.40 bits per heavy atom. The van der Waals surface area contributed by atoms with E-state index in [2.05, 4.69) is 4.98 Å². The molecular weight excluding hydrogens is 269 g/mol. The molecule has 1 saturated heterocycles. The lowest BCUT2D eigenvalue weighted by Crippen LogP contribution is -2.07. The molecule has 1 fully saturated rings. The number of imidazole rings is 1. The van der Waals surface area contributed by atoms with Crippen molar-refractivity contribution in [3.8, 4) is 0 Å². The monoisotopic (exact) mass is 284 g/mol. The van der Waals surface area contributed by atoms with Crippen LogP contribution in [0.25, 0.3) is 11.0 Å². The highest BCUT2D eigenvalue weighted by Gasteiger charge is 2.31. The van der Waals surface area contributed by atoms with Gasteiger partial charge in [-0.25, -0.2) is 4.98 Å². The number of nitrogens with zero attached hydrogens (tertiary/aromatic N) is 2. The Labute approximate surface area is 114 Å². The second-order valence-corrected chi connectivity index (χ2v) is 4.92. The van der Waals surface area contributed by atoms with Gasteiger partial charge in [0.25, 0.3) is 0 Å². The zero-order valence-electron chi connectivity index (χ0n) is 11.1.